The van der Waals surface area contributed by atoms with Crippen molar-refractivity contribution in [3.8, 4) is 5.75 Å². The number of methoxy groups -OCH3 is 1. The summed E-state index contributed by atoms with van der Waals surface area (Å²) in [4.78, 5) is 12.5. The molecule has 3 nitrogen and oxygen atoms in total. The Morgan fingerprint density at radius 2 is 1.95 bits per heavy atom. The summed E-state index contributed by atoms with van der Waals surface area (Å²) in [7, 11) is 1.60. The van der Waals surface area contributed by atoms with E-state index in [-0.39, 0.29) is 12.2 Å². The number of hydrogen-bond acceptors (Lipinski definition) is 3. The lowest BCUT2D eigenvalue weighted by Crippen LogP contribution is -2.39. The molecule has 1 aliphatic rings. The van der Waals surface area contributed by atoms with E-state index in [9.17, 15) is 9.90 Å². The first-order valence-corrected chi connectivity index (χ1v) is 7.92. The second kappa shape index (κ2) is 6.72. The van der Waals surface area contributed by atoms with Crippen LogP contribution in [-0.2, 0) is 11.2 Å². The summed E-state index contributed by atoms with van der Waals surface area (Å²) in [6.45, 7) is 0. The van der Waals surface area contributed by atoms with Gasteiger partial charge >= 0.3 is 0 Å². The van der Waals surface area contributed by atoms with Crippen molar-refractivity contribution < 1.29 is 14.6 Å². The second-order valence-corrected chi connectivity index (χ2v) is 6.36. The molecule has 0 atom stereocenters. The normalized spacial score (nSPS) is 18.4. The Morgan fingerprint density at radius 3 is 2.55 bits per heavy atom. The van der Waals surface area contributed by atoms with Crippen molar-refractivity contribution in [3.05, 3.63) is 28.2 Å². The van der Waals surface area contributed by atoms with Gasteiger partial charge in [0.2, 0.25) is 0 Å². The highest BCUT2D eigenvalue weighted by atomic mass is 79.9. The van der Waals surface area contributed by atoms with E-state index in [4.69, 9.17) is 4.74 Å². The molecule has 1 saturated carbocycles. The Bertz CT molecular complexity index is 477. The van der Waals surface area contributed by atoms with Crippen LogP contribution in [-0.4, -0.2) is 23.6 Å². The standard InChI is InChI=1S/C16H21BrO3/c1-20-13-6-7-14(17)12(10-13)11-15(18)16(19)8-4-2-3-5-9-16/h6-7,10,19H,2-5,8-9,11H2,1H3. The van der Waals surface area contributed by atoms with Crippen LogP contribution < -0.4 is 4.74 Å². The molecule has 0 aromatic heterocycles. The van der Waals surface area contributed by atoms with Crippen molar-refractivity contribution in [2.45, 2.75) is 50.5 Å². The molecular weight excluding hydrogens is 320 g/mol. The molecule has 0 radical (unpaired) electrons. The van der Waals surface area contributed by atoms with Gasteiger partial charge in [0.15, 0.2) is 5.78 Å². The fourth-order valence-corrected chi connectivity index (χ4v) is 3.13. The molecule has 1 fully saturated rings. The zero-order valence-electron chi connectivity index (χ0n) is 11.8. The fourth-order valence-electron chi connectivity index (χ4n) is 2.74. The fraction of sp³-hybridized carbons (Fsp3) is 0.562. The molecule has 1 aliphatic carbocycles. The molecule has 0 spiro atoms. The quantitative estimate of drug-likeness (QED) is 0.851. The van der Waals surface area contributed by atoms with Gasteiger partial charge in [0.05, 0.1) is 7.11 Å². The zero-order chi connectivity index (χ0) is 14.6. The van der Waals surface area contributed by atoms with Crippen LogP contribution in [0.3, 0.4) is 0 Å². The van der Waals surface area contributed by atoms with Crippen molar-refractivity contribution in [1.82, 2.24) is 0 Å². The van der Waals surface area contributed by atoms with Crippen LogP contribution in [0.2, 0.25) is 0 Å². The van der Waals surface area contributed by atoms with E-state index in [1.807, 2.05) is 18.2 Å². The summed E-state index contributed by atoms with van der Waals surface area (Å²) < 4.78 is 6.07. The molecule has 20 heavy (non-hydrogen) atoms. The maximum atomic E-state index is 12.5. The van der Waals surface area contributed by atoms with Crippen molar-refractivity contribution in [2.24, 2.45) is 0 Å². The molecule has 0 aliphatic heterocycles. The number of Topliss-reactive ketones (excluding diaryl/α,β-unsaturated/α-hetero) is 1. The summed E-state index contributed by atoms with van der Waals surface area (Å²) in [5.41, 5.74) is -0.272. The summed E-state index contributed by atoms with van der Waals surface area (Å²) in [5.74, 6) is 0.650. The smallest absolute Gasteiger partial charge is 0.168 e. The number of hydrogen-bond donors (Lipinski definition) is 1. The average Bonchev–Trinajstić information content (AvgIpc) is 2.67. The highest BCUT2D eigenvalue weighted by Gasteiger charge is 2.35. The van der Waals surface area contributed by atoms with Crippen LogP contribution in [0.4, 0.5) is 0 Å². The third-order valence-electron chi connectivity index (χ3n) is 4.05. The number of rotatable bonds is 4. The van der Waals surface area contributed by atoms with Crippen LogP contribution in [0.1, 0.15) is 44.1 Å². The number of benzene rings is 1. The molecule has 0 unspecified atom stereocenters. The monoisotopic (exact) mass is 340 g/mol. The largest absolute Gasteiger partial charge is 0.497 e. The van der Waals surface area contributed by atoms with Crippen LogP contribution in [0.5, 0.6) is 5.75 Å². The van der Waals surface area contributed by atoms with Crippen LogP contribution in [0.15, 0.2) is 22.7 Å². The molecule has 0 saturated heterocycles. The van der Waals surface area contributed by atoms with Gasteiger partial charge in [-0.3, -0.25) is 4.79 Å². The Hall–Kier alpha value is -0.870. The van der Waals surface area contributed by atoms with Crippen LogP contribution in [0.25, 0.3) is 0 Å². The third kappa shape index (κ3) is 3.61. The van der Waals surface area contributed by atoms with Gasteiger partial charge in [-0.2, -0.15) is 0 Å². The SMILES string of the molecule is COc1ccc(Br)c(CC(=O)C2(O)CCCCCC2)c1. The minimum Gasteiger partial charge on any atom is -0.497 e. The highest BCUT2D eigenvalue weighted by Crippen LogP contribution is 2.30. The van der Waals surface area contributed by atoms with Gasteiger partial charge in [-0.25, -0.2) is 0 Å². The second-order valence-electron chi connectivity index (χ2n) is 5.50. The molecule has 0 heterocycles. The highest BCUT2D eigenvalue weighted by molar-refractivity contribution is 9.10. The summed E-state index contributed by atoms with van der Waals surface area (Å²) in [6.07, 6.45) is 5.51. The summed E-state index contributed by atoms with van der Waals surface area (Å²) in [6, 6.07) is 5.57. The summed E-state index contributed by atoms with van der Waals surface area (Å²) >= 11 is 3.46. The average molecular weight is 341 g/mol. The van der Waals surface area contributed by atoms with Gasteiger partial charge in [0.25, 0.3) is 0 Å². The van der Waals surface area contributed by atoms with E-state index >= 15 is 0 Å². The molecule has 0 amide bonds. The first kappa shape index (κ1) is 15.5. The van der Waals surface area contributed by atoms with E-state index in [2.05, 4.69) is 15.9 Å². The van der Waals surface area contributed by atoms with Crippen molar-refractivity contribution >= 4 is 21.7 Å². The Labute approximate surface area is 128 Å². The lowest BCUT2D eigenvalue weighted by Gasteiger charge is -2.25. The Kier molecular flexibility index (Phi) is 5.22. The number of carbonyl (C=O) groups excluding carboxylic acids is 1. The minimum atomic E-state index is -1.14. The van der Waals surface area contributed by atoms with E-state index in [0.717, 1.165) is 41.5 Å². The first-order chi connectivity index (χ1) is 9.55. The van der Waals surface area contributed by atoms with E-state index < -0.39 is 5.60 Å². The zero-order valence-corrected chi connectivity index (χ0v) is 13.4. The van der Waals surface area contributed by atoms with Gasteiger partial charge in [-0.15, -0.1) is 0 Å². The summed E-state index contributed by atoms with van der Waals surface area (Å²) in [5, 5.41) is 10.6. The lowest BCUT2D eigenvalue weighted by molar-refractivity contribution is -0.138. The first-order valence-electron chi connectivity index (χ1n) is 7.13. The number of carbonyl (C=O) groups is 1. The topological polar surface area (TPSA) is 46.5 Å². The van der Waals surface area contributed by atoms with Gasteiger partial charge in [0, 0.05) is 10.9 Å². The van der Waals surface area contributed by atoms with Crippen LogP contribution in [0, 0.1) is 0 Å². The minimum absolute atomic E-state index is 0.0756. The molecule has 1 N–H and O–H groups in total. The third-order valence-corrected chi connectivity index (χ3v) is 4.83. The van der Waals surface area contributed by atoms with Crippen LogP contribution >= 0.6 is 15.9 Å². The molecular formula is C16H21BrO3. The number of halogens is 1. The predicted octanol–water partition coefficient (Wildman–Crippen LogP) is 3.65. The molecule has 4 heteroatoms. The maximum Gasteiger partial charge on any atom is 0.168 e. The molecule has 1 aromatic carbocycles. The van der Waals surface area contributed by atoms with E-state index in [0.29, 0.717) is 12.8 Å². The number of ketones is 1. The Balaban J connectivity index is 2.14. The molecule has 110 valence electrons. The van der Waals surface area contributed by atoms with Gasteiger partial charge in [0.1, 0.15) is 11.4 Å². The lowest BCUT2D eigenvalue weighted by atomic mass is 9.86. The molecule has 2 rings (SSSR count). The van der Waals surface area contributed by atoms with E-state index in [1.165, 1.54) is 0 Å². The molecule has 0 bridgehead atoms. The van der Waals surface area contributed by atoms with Gasteiger partial charge < -0.3 is 9.84 Å². The number of ether oxygens (including phenoxy) is 1. The predicted molar refractivity (Wildman–Crippen MR) is 82.1 cm³/mol. The molecule has 1 aromatic rings. The van der Waals surface area contributed by atoms with Gasteiger partial charge in [-0.1, -0.05) is 41.6 Å². The van der Waals surface area contributed by atoms with Crippen molar-refractivity contribution in [1.29, 1.82) is 0 Å². The van der Waals surface area contributed by atoms with Crippen molar-refractivity contribution in [2.75, 3.05) is 7.11 Å². The maximum absolute atomic E-state index is 12.5. The van der Waals surface area contributed by atoms with Gasteiger partial charge in [-0.05, 0) is 36.6 Å². The van der Waals surface area contributed by atoms with E-state index in [1.54, 1.807) is 7.11 Å². The van der Waals surface area contributed by atoms with Crippen molar-refractivity contribution in [3.63, 3.8) is 0 Å². The Morgan fingerprint density at radius 1 is 1.30 bits per heavy atom. The number of aliphatic hydroxyl groups is 1.